The van der Waals surface area contributed by atoms with Gasteiger partial charge in [-0.1, -0.05) is 12.8 Å². The number of nitrogens with zero attached hydrogens (tertiary/aromatic N) is 2. The Morgan fingerprint density at radius 3 is 2.76 bits per heavy atom. The van der Waals surface area contributed by atoms with E-state index in [-0.39, 0.29) is 11.6 Å². The van der Waals surface area contributed by atoms with Crippen molar-refractivity contribution in [1.29, 1.82) is 0 Å². The second kappa shape index (κ2) is 5.84. The van der Waals surface area contributed by atoms with Crippen molar-refractivity contribution in [2.45, 2.75) is 44.5 Å². The number of aromatic nitrogens is 2. The van der Waals surface area contributed by atoms with Crippen LogP contribution in [0.1, 0.15) is 44.5 Å². The highest BCUT2D eigenvalue weighted by Gasteiger charge is 2.26. The second-order valence-corrected chi connectivity index (χ2v) is 6.06. The predicted octanol–water partition coefficient (Wildman–Crippen LogP) is 4.67. The van der Waals surface area contributed by atoms with Gasteiger partial charge in [-0.2, -0.15) is 0 Å². The molecule has 1 saturated carbocycles. The normalized spacial score (nSPS) is 17.5. The number of rotatable bonds is 4. The lowest BCUT2D eigenvalue weighted by Crippen LogP contribution is -2.16. The molecule has 1 aromatic carbocycles. The number of methoxy groups -OCH3 is 1. The molecule has 1 aliphatic rings. The van der Waals surface area contributed by atoms with Crippen molar-refractivity contribution in [1.82, 2.24) is 9.55 Å². The maximum atomic E-state index is 13.9. The maximum Gasteiger partial charge on any atom is 0.167 e. The summed E-state index contributed by atoms with van der Waals surface area (Å²) in [7, 11) is 1.48. The first-order valence-electron chi connectivity index (χ1n) is 7.46. The fourth-order valence-corrected chi connectivity index (χ4v) is 3.69. The van der Waals surface area contributed by atoms with Crippen molar-refractivity contribution >= 4 is 22.6 Å². The second-order valence-electron chi connectivity index (χ2n) is 5.79. The van der Waals surface area contributed by atoms with Gasteiger partial charge in [-0.05, 0) is 25.7 Å². The van der Waals surface area contributed by atoms with Gasteiger partial charge in [-0.3, -0.25) is 0 Å². The fraction of sp³-hybridized carbons (Fsp3) is 0.562. The molecule has 1 aliphatic carbocycles. The Bertz CT molecular complexity index is 649. The van der Waals surface area contributed by atoms with Crippen LogP contribution in [0.3, 0.4) is 0 Å². The van der Waals surface area contributed by atoms with Gasteiger partial charge in [0, 0.05) is 18.2 Å². The topological polar surface area (TPSA) is 27.1 Å². The number of imidazole rings is 1. The van der Waals surface area contributed by atoms with E-state index < -0.39 is 0 Å². The van der Waals surface area contributed by atoms with Crippen molar-refractivity contribution < 1.29 is 9.13 Å². The van der Waals surface area contributed by atoms with Crippen LogP contribution >= 0.6 is 11.6 Å². The van der Waals surface area contributed by atoms with Gasteiger partial charge in [0.1, 0.15) is 5.82 Å². The lowest BCUT2D eigenvalue weighted by atomic mass is 9.99. The molecule has 1 aromatic heterocycles. The number of benzene rings is 1. The molecule has 21 heavy (non-hydrogen) atoms. The molecule has 0 N–H and O–H groups in total. The third-order valence-corrected chi connectivity index (χ3v) is 4.88. The van der Waals surface area contributed by atoms with Gasteiger partial charge in [-0.25, -0.2) is 9.37 Å². The summed E-state index contributed by atoms with van der Waals surface area (Å²) in [5.41, 5.74) is 1.55. The lowest BCUT2D eigenvalue weighted by Gasteiger charge is -2.23. The number of halogens is 2. The molecule has 5 heteroatoms. The van der Waals surface area contributed by atoms with Gasteiger partial charge in [0.05, 0.1) is 24.0 Å². The summed E-state index contributed by atoms with van der Waals surface area (Å²) in [6, 6.07) is 3.49. The highest BCUT2D eigenvalue weighted by atomic mass is 35.5. The summed E-state index contributed by atoms with van der Waals surface area (Å²) >= 11 is 6.06. The van der Waals surface area contributed by atoms with Crippen LogP contribution in [0.25, 0.3) is 11.0 Å². The summed E-state index contributed by atoms with van der Waals surface area (Å²) in [5.74, 6) is 1.64. The van der Waals surface area contributed by atoms with Gasteiger partial charge in [0.15, 0.2) is 11.6 Å². The molecule has 3 rings (SSSR count). The summed E-state index contributed by atoms with van der Waals surface area (Å²) in [6.07, 6.45) is 5.05. The van der Waals surface area contributed by atoms with Gasteiger partial charge < -0.3 is 9.30 Å². The van der Waals surface area contributed by atoms with E-state index in [1.54, 1.807) is 6.07 Å². The minimum absolute atomic E-state index is 0.253. The van der Waals surface area contributed by atoms with Crippen LogP contribution in [0.15, 0.2) is 12.1 Å². The molecule has 2 aromatic rings. The summed E-state index contributed by atoms with van der Waals surface area (Å²) in [5, 5.41) is 0. The number of alkyl halides is 1. The minimum Gasteiger partial charge on any atom is -0.494 e. The van der Waals surface area contributed by atoms with Crippen LogP contribution < -0.4 is 4.74 Å². The molecule has 1 fully saturated rings. The number of hydrogen-bond acceptors (Lipinski definition) is 2. The largest absolute Gasteiger partial charge is 0.494 e. The van der Waals surface area contributed by atoms with Gasteiger partial charge in [-0.15, -0.1) is 11.6 Å². The third kappa shape index (κ3) is 2.50. The molecule has 114 valence electrons. The predicted molar refractivity (Wildman–Crippen MR) is 82.5 cm³/mol. The van der Waals surface area contributed by atoms with Gasteiger partial charge >= 0.3 is 0 Å². The van der Waals surface area contributed by atoms with Crippen molar-refractivity contribution in [2.24, 2.45) is 5.92 Å². The van der Waals surface area contributed by atoms with Crippen LogP contribution in [0.5, 0.6) is 5.75 Å². The van der Waals surface area contributed by atoms with E-state index in [0.29, 0.717) is 23.4 Å². The number of fused-ring (bicyclic) bond motifs is 1. The zero-order valence-electron chi connectivity index (χ0n) is 12.4. The van der Waals surface area contributed by atoms with Crippen molar-refractivity contribution in [3.63, 3.8) is 0 Å². The van der Waals surface area contributed by atoms with Crippen molar-refractivity contribution in [3.8, 4) is 5.75 Å². The summed E-state index contributed by atoms with van der Waals surface area (Å²) < 4.78 is 21.1. The molecule has 1 unspecified atom stereocenters. The van der Waals surface area contributed by atoms with Crippen LogP contribution in [0, 0.1) is 11.7 Å². The van der Waals surface area contributed by atoms with Crippen LogP contribution in [0.4, 0.5) is 4.39 Å². The van der Waals surface area contributed by atoms with Crippen molar-refractivity contribution in [2.75, 3.05) is 7.11 Å². The number of ether oxygens (including phenoxy) is 1. The Labute approximate surface area is 129 Å². The van der Waals surface area contributed by atoms with Gasteiger partial charge in [0.2, 0.25) is 0 Å². The lowest BCUT2D eigenvalue weighted by molar-refractivity contribution is 0.360. The molecule has 1 atom stereocenters. The number of hydrogen-bond donors (Lipinski definition) is 0. The molecule has 1 heterocycles. The molecule has 0 amide bonds. The molecule has 0 spiro atoms. The summed E-state index contributed by atoms with van der Waals surface area (Å²) in [6.45, 7) is 2.21. The monoisotopic (exact) mass is 310 g/mol. The third-order valence-electron chi connectivity index (χ3n) is 4.64. The van der Waals surface area contributed by atoms with E-state index in [1.165, 1.54) is 38.9 Å². The Morgan fingerprint density at radius 2 is 2.14 bits per heavy atom. The first kappa shape index (κ1) is 14.6. The molecule has 3 nitrogen and oxygen atoms in total. The van der Waals surface area contributed by atoms with E-state index in [0.717, 1.165) is 11.3 Å². The standard InChI is InChI=1S/C16H20ClFN2O/c1-10(11-5-3-4-6-11)20-14-8-15(21-2)12(18)7-13(14)19-16(20)9-17/h7-8,10-11H,3-6,9H2,1-2H3. The Kier molecular flexibility index (Phi) is 4.07. The molecule has 0 radical (unpaired) electrons. The first-order valence-corrected chi connectivity index (χ1v) is 7.99. The average molecular weight is 311 g/mol. The van der Waals surface area contributed by atoms with E-state index in [9.17, 15) is 4.39 Å². The van der Waals surface area contributed by atoms with Crippen molar-refractivity contribution in [3.05, 3.63) is 23.8 Å². The van der Waals surface area contributed by atoms with Crippen LogP contribution in [-0.2, 0) is 5.88 Å². The molecular weight excluding hydrogens is 291 g/mol. The van der Waals surface area contributed by atoms with E-state index >= 15 is 0 Å². The van der Waals surface area contributed by atoms with E-state index in [1.807, 2.05) is 0 Å². The van der Waals surface area contributed by atoms with E-state index in [4.69, 9.17) is 16.3 Å². The minimum atomic E-state index is -0.385. The average Bonchev–Trinajstić information content (AvgIpc) is 3.12. The Hall–Kier alpha value is -1.29. The SMILES string of the molecule is COc1cc2c(cc1F)nc(CCl)n2C(C)C1CCCC1. The smallest absolute Gasteiger partial charge is 0.167 e. The molecule has 0 saturated heterocycles. The Balaban J connectivity index is 2.14. The van der Waals surface area contributed by atoms with E-state index in [2.05, 4.69) is 16.5 Å². The van der Waals surface area contributed by atoms with Gasteiger partial charge in [0.25, 0.3) is 0 Å². The maximum absolute atomic E-state index is 13.9. The molecule has 0 aliphatic heterocycles. The van der Waals surface area contributed by atoms with Crippen LogP contribution in [-0.4, -0.2) is 16.7 Å². The quantitative estimate of drug-likeness (QED) is 0.767. The fourth-order valence-electron chi connectivity index (χ4n) is 3.50. The molecular formula is C16H20ClFN2O. The van der Waals surface area contributed by atoms with Crippen LogP contribution in [0.2, 0.25) is 0 Å². The highest BCUT2D eigenvalue weighted by Crippen LogP contribution is 2.37. The summed E-state index contributed by atoms with van der Waals surface area (Å²) in [4.78, 5) is 4.50. The molecule has 0 bridgehead atoms. The Morgan fingerprint density at radius 1 is 1.43 bits per heavy atom. The highest BCUT2D eigenvalue weighted by molar-refractivity contribution is 6.16. The zero-order chi connectivity index (χ0) is 15.0. The zero-order valence-corrected chi connectivity index (χ0v) is 13.2. The first-order chi connectivity index (χ1) is 10.2.